The minimum atomic E-state index is 0.652. The molecule has 0 saturated carbocycles. The first kappa shape index (κ1) is 10.6. The van der Waals surface area contributed by atoms with Crippen LogP contribution in [0.15, 0.2) is 24.5 Å². The lowest BCUT2D eigenvalue weighted by Gasteiger charge is -2.21. The lowest BCUT2D eigenvalue weighted by molar-refractivity contribution is 0.117. The minimum Gasteiger partial charge on any atom is -0.315 e. The average molecular weight is 218 g/mol. The van der Waals surface area contributed by atoms with Crippen molar-refractivity contribution < 1.29 is 0 Å². The third kappa shape index (κ3) is 2.01. The molecule has 0 aromatic carbocycles. The van der Waals surface area contributed by atoms with Gasteiger partial charge in [0.15, 0.2) is 0 Å². The van der Waals surface area contributed by atoms with Gasteiger partial charge in [0, 0.05) is 39.7 Å². The van der Waals surface area contributed by atoms with E-state index < -0.39 is 0 Å². The van der Waals surface area contributed by atoms with Crippen LogP contribution in [0.3, 0.4) is 0 Å². The molecule has 0 amide bonds. The van der Waals surface area contributed by atoms with E-state index in [1.807, 2.05) is 55.7 Å². The molecule has 6 heteroatoms. The minimum absolute atomic E-state index is 0.652. The molecule has 0 aliphatic heterocycles. The second kappa shape index (κ2) is 4.28. The molecule has 0 N–H and O–H groups in total. The number of aromatic nitrogens is 4. The highest BCUT2D eigenvalue weighted by atomic mass is 15.6. The van der Waals surface area contributed by atoms with Gasteiger partial charge in [-0.15, -0.1) is 5.10 Å². The summed E-state index contributed by atoms with van der Waals surface area (Å²) < 4.78 is 1.70. The van der Waals surface area contributed by atoms with Crippen LogP contribution in [-0.4, -0.2) is 51.1 Å². The maximum atomic E-state index is 4.11. The molecule has 0 radical (unpaired) electrons. The third-order valence-corrected chi connectivity index (χ3v) is 2.30. The summed E-state index contributed by atoms with van der Waals surface area (Å²) >= 11 is 0. The van der Waals surface area contributed by atoms with E-state index in [-0.39, 0.29) is 0 Å². The van der Waals surface area contributed by atoms with Crippen LogP contribution in [0.25, 0.3) is 17.4 Å². The Bertz CT molecular complexity index is 501. The molecule has 0 fully saturated rings. The molecule has 0 bridgehead atoms. The predicted octanol–water partition coefficient (Wildman–Crippen LogP) is 0.663. The highest BCUT2D eigenvalue weighted by molar-refractivity contribution is 5.71. The molecule has 2 heterocycles. The summed E-state index contributed by atoms with van der Waals surface area (Å²) in [5.74, 6) is 0. The van der Waals surface area contributed by atoms with E-state index in [0.29, 0.717) is 5.65 Å². The van der Waals surface area contributed by atoms with Crippen molar-refractivity contribution in [1.29, 1.82) is 0 Å². The highest BCUT2D eigenvalue weighted by Gasteiger charge is 2.01. The maximum Gasteiger partial charge on any atom is 0.202 e. The first-order chi connectivity index (χ1) is 7.68. The summed E-state index contributed by atoms with van der Waals surface area (Å²) in [6, 6.07) is 3.80. The average Bonchev–Trinajstić information content (AvgIpc) is 2.69. The van der Waals surface area contributed by atoms with Crippen molar-refractivity contribution in [2.24, 2.45) is 0 Å². The Morgan fingerprint density at radius 1 is 1.31 bits per heavy atom. The number of hydrazine groups is 1. The van der Waals surface area contributed by atoms with Crippen LogP contribution in [0.1, 0.15) is 0 Å². The van der Waals surface area contributed by atoms with E-state index in [2.05, 4.69) is 15.3 Å². The molecule has 84 valence electrons. The van der Waals surface area contributed by atoms with Gasteiger partial charge in [-0.25, -0.2) is 14.7 Å². The van der Waals surface area contributed by atoms with Crippen LogP contribution in [-0.2, 0) is 0 Å². The SMILES string of the molecule is CN(C)N(C)C=Cn1nnc2ncccc21. The lowest BCUT2D eigenvalue weighted by atomic mass is 10.4. The Balaban J connectivity index is 2.28. The number of hydrogen-bond donors (Lipinski definition) is 0. The van der Waals surface area contributed by atoms with Gasteiger partial charge in [0.05, 0.1) is 0 Å². The molecular weight excluding hydrogens is 204 g/mol. The topological polar surface area (TPSA) is 50.1 Å². The van der Waals surface area contributed by atoms with Crippen LogP contribution in [0.4, 0.5) is 0 Å². The summed E-state index contributed by atoms with van der Waals surface area (Å²) in [5.41, 5.74) is 1.55. The first-order valence-electron chi connectivity index (χ1n) is 4.93. The number of fused-ring (bicyclic) bond motifs is 1. The summed E-state index contributed by atoms with van der Waals surface area (Å²) in [5, 5.41) is 11.8. The predicted molar refractivity (Wildman–Crippen MR) is 62.1 cm³/mol. The summed E-state index contributed by atoms with van der Waals surface area (Å²) in [6.07, 6.45) is 5.45. The smallest absolute Gasteiger partial charge is 0.202 e. The van der Waals surface area contributed by atoms with Crippen LogP contribution >= 0.6 is 0 Å². The van der Waals surface area contributed by atoms with Gasteiger partial charge >= 0.3 is 0 Å². The monoisotopic (exact) mass is 218 g/mol. The molecule has 6 nitrogen and oxygen atoms in total. The van der Waals surface area contributed by atoms with E-state index in [1.165, 1.54) is 0 Å². The van der Waals surface area contributed by atoms with Crippen LogP contribution < -0.4 is 0 Å². The van der Waals surface area contributed by atoms with E-state index in [9.17, 15) is 0 Å². The maximum absolute atomic E-state index is 4.11. The van der Waals surface area contributed by atoms with E-state index in [1.54, 1.807) is 10.9 Å². The first-order valence-corrected chi connectivity index (χ1v) is 4.93. The fraction of sp³-hybridized carbons (Fsp3) is 0.300. The Kier molecular flexibility index (Phi) is 2.82. The largest absolute Gasteiger partial charge is 0.315 e. The Morgan fingerprint density at radius 2 is 2.12 bits per heavy atom. The van der Waals surface area contributed by atoms with Crippen LogP contribution in [0.2, 0.25) is 0 Å². The van der Waals surface area contributed by atoms with Crippen molar-refractivity contribution in [2.45, 2.75) is 0 Å². The molecule has 0 atom stereocenters. The molecule has 2 aromatic heterocycles. The fourth-order valence-corrected chi connectivity index (χ4v) is 1.19. The quantitative estimate of drug-likeness (QED) is 0.708. The zero-order valence-electron chi connectivity index (χ0n) is 9.57. The third-order valence-electron chi connectivity index (χ3n) is 2.30. The lowest BCUT2D eigenvalue weighted by Crippen LogP contribution is -2.27. The fourth-order valence-electron chi connectivity index (χ4n) is 1.19. The van der Waals surface area contributed by atoms with Gasteiger partial charge in [0.25, 0.3) is 0 Å². The second-order valence-electron chi connectivity index (χ2n) is 3.60. The number of hydrogen-bond acceptors (Lipinski definition) is 5. The van der Waals surface area contributed by atoms with E-state index in [0.717, 1.165) is 5.52 Å². The Hall–Kier alpha value is -1.95. The molecule has 2 rings (SSSR count). The van der Waals surface area contributed by atoms with Crippen molar-refractivity contribution in [2.75, 3.05) is 21.1 Å². The van der Waals surface area contributed by atoms with Crippen LogP contribution in [0, 0.1) is 0 Å². The molecule has 0 aliphatic rings. The molecule has 0 unspecified atom stereocenters. The summed E-state index contributed by atoms with van der Waals surface area (Å²) in [4.78, 5) is 4.11. The zero-order valence-corrected chi connectivity index (χ0v) is 9.57. The van der Waals surface area contributed by atoms with Crippen molar-refractivity contribution in [1.82, 2.24) is 30.0 Å². The standard InChI is InChI=1S/C10H14N6/c1-14(2)15(3)7-8-16-9-5-4-6-11-10(9)12-13-16/h4-8H,1-3H3. The molecule has 0 aliphatic carbocycles. The van der Waals surface area contributed by atoms with E-state index >= 15 is 0 Å². The molecule has 0 saturated heterocycles. The van der Waals surface area contributed by atoms with Gasteiger partial charge in [0.1, 0.15) is 5.52 Å². The van der Waals surface area contributed by atoms with Crippen LogP contribution in [0.5, 0.6) is 0 Å². The molecular formula is C10H14N6. The van der Waals surface area contributed by atoms with Gasteiger partial charge in [-0.05, 0) is 12.1 Å². The summed E-state index contributed by atoms with van der Waals surface area (Å²) in [6.45, 7) is 0. The Labute approximate surface area is 93.8 Å². The van der Waals surface area contributed by atoms with Crippen molar-refractivity contribution in [3.05, 3.63) is 24.5 Å². The molecule has 2 aromatic rings. The summed E-state index contributed by atoms with van der Waals surface area (Å²) in [7, 11) is 5.88. The van der Waals surface area contributed by atoms with Crippen molar-refractivity contribution in [3.8, 4) is 0 Å². The van der Waals surface area contributed by atoms with Gasteiger partial charge in [-0.3, -0.25) is 0 Å². The van der Waals surface area contributed by atoms with E-state index in [4.69, 9.17) is 0 Å². The second-order valence-corrected chi connectivity index (χ2v) is 3.60. The van der Waals surface area contributed by atoms with Gasteiger partial charge in [0.2, 0.25) is 5.65 Å². The van der Waals surface area contributed by atoms with Gasteiger partial charge < -0.3 is 5.01 Å². The molecule has 0 spiro atoms. The van der Waals surface area contributed by atoms with Crippen molar-refractivity contribution >= 4 is 17.4 Å². The van der Waals surface area contributed by atoms with Gasteiger partial charge in [-0.1, -0.05) is 5.21 Å². The van der Waals surface area contributed by atoms with Gasteiger partial charge in [-0.2, -0.15) is 0 Å². The van der Waals surface area contributed by atoms with Crippen molar-refractivity contribution in [3.63, 3.8) is 0 Å². The number of pyridine rings is 1. The highest BCUT2D eigenvalue weighted by Crippen LogP contribution is 2.06. The number of nitrogens with zero attached hydrogens (tertiary/aromatic N) is 6. The normalized spacial score (nSPS) is 11.8. The molecule has 16 heavy (non-hydrogen) atoms. The number of rotatable bonds is 3. The Morgan fingerprint density at radius 3 is 2.88 bits per heavy atom. The zero-order chi connectivity index (χ0) is 11.5.